The molecule has 1 aromatic rings. The summed E-state index contributed by atoms with van der Waals surface area (Å²) >= 11 is 7.16. The van der Waals surface area contributed by atoms with Crippen LogP contribution in [-0.4, -0.2) is 36.5 Å². The molecule has 1 aromatic heterocycles. The van der Waals surface area contributed by atoms with Gasteiger partial charge in [-0.15, -0.1) is 11.3 Å². The highest BCUT2D eigenvalue weighted by atomic mass is 35.5. The zero-order chi connectivity index (χ0) is 10.8. The zero-order valence-electron chi connectivity index (χ0n) is 8.50. The van der Waals surface area contributed by atoms with E-state index in [9.17, 15) is 4.79 Å². The molecule has 0 aliphatic carbocycles. The molecule has 1 amide bonds. The van der Waals surface area contributed by atoms with Gasteiger partial charge in [-0.3, -0.25) is 4.79 Å². The maximum atomic E-state index is 12.1. The predicted molar refractivity (Wildman–Crippen MR) is 62.7 cm³/mol. The Kier molecular flexibility index (Phi) is 3.29. The van der Waals surface area contributed by atoms with Crippen molar-refractivity contribution in [1.29, 1.82) is 0 Å². The maximum Gasteiger partial charge on any atom is 0.264 e. The predicted octanol–water partition coefficient (Wildman–Crippen LogP) is 1.84. The van der Waals surface area contributed by atoms with E-state index in [4.69, 9.17) is 11.6 Å². The number of amides is 1. The fourth-order valence-corrected chi connectivity index (χ4v) is 2.71. The van der Waals surface area contributed by atoms with Crippen LogP contribution in [0.5, 0.6) is 0 Å². The molecule has 0 aromatic carbocycles. The molecule has 1 fully saturated rings. The highest BCUT2D eigenvalue weighted by Gasteiger charge is 2.24. The summed E-state index contributed by atoms with van der Waals surface area (Å²) in [6.45, 7) is 4.56. The minimum Gasteiger partial charge on any atom is -0.333 e. The molecular weight excluding hydrogens is 232 g/mol. The highest BCUT2D eigenvalue weighted by Crippen LogP contribution is 2.23. The second-order valence-corrected chi connectivity index (χ2v) is 5.37. The fourth-order valence-electron chi connectivity index (χ4n) is 1.71. The minimum absolute atomic E-state index is 0.0981. The van der Waals surface area contributed by atoms with Gasteiger partial charge in [0, 0.05) is 25.7 Å². The smallest absolute Gasteiger partial charge is 0.264 e. The lowest BCUT2D eigenvalue weighted by atomic mass is 10.2. The van der Waals surface area contributed by atoms with Crippen LogP contribution in [0.4, 0.5) is 0 Å². The largest absolute Gasteiger partial charge is 0.333 e. The number of halogens is 1. The monoisotopic (exact) mass is 244 g/mol. The molecule has 0 radical (unpaired) electrons. The molecule has 0 spiro atoms. The van der Waals surface area contributed by atoms with Crippen LogP contribution in [-0.2, 0) is 0 Å². The molecule has 1 saturated heterocycles. The number of thiophene rings is 1. The van der Waals surface area contributed by atoms with Gasteiger partial charge in [0.2, 0.25) is 0 Å². The Hall–Kier alpha value is -0.580. The van der Waals surface area contributed by atoms with E-state index in [1.807, 2.05) is 4.90 Å². The summed E-state index contributed by atoms with van der Waals surface area (Å²) in [5, 5.41) is 3.26. The number of nitrogens with zero attached hydrogens (tertiary/aromatic N) is 1. The van der Waals surface area contributed by atoms with Crippen molar-refractivity contribution < 1.29 is 4.79 Å². The molecule has 0 bridgehead atoms. The number of hydrogen-bond donors (Lipinski definition) is 1. The van der Waals surface area contributed by atoms with Gasteiger partial charge in [0.25, 0.3) is 5.91 Å². The van der Waals surface area contributed by atoms with Gasteiger partial charge in [-0.05, 0) is 19.1 Å². The molecule has 82 valence electrons. The Balaban J connectivity index is 2.13. The first-order valence-corrected chi connectivity index (χ1v) is 6.15. The van der Waals surface area contributed by atoms with Gasteiger partial charge in [-0.1, -0.05) is 11.6 Å². The quantitative estimate of drug-likeness (QED) is 0.818. The van der Waals surface area contributed by atoms with Crippen LogP contribution in [0.25, 0.3) is 0 Å². The van der Waals surface area contributed by atoms with Crippen molar-refractivity contribution in [3.05, 3.63) is 21.3 Å². The summed E-state index contributed by atoms with van der Waals surface area (Å²) in [4.78, 5) is 14.7. The Morgan fingerprint density at radius 3 is 3.07 bits per heavy atom. The van der Waals surface area contributed by atoms with Gasteiger partial charge in [0.15, 0.2) is 0 Å². The summed E-state index contributed by atoms with van der Waals surface area (Å²) in [5.41, 5.74) is 0. The molecule has 3 nitrogen and oxygen atoms in total. The number of carbonyl (C=O) groups is 1. The summed E-state index contributed by atoms with van der Waals surface area (Å²) in [6, 6.07) is 3.82. The lowest BCUT2D eigenvalue weighted by Gasteiger charge is -2.33. The van der Waals surface area contributed by atoms with Crippen molar-refractivity contribution in [2.75, 3.05) is 19.6 Å². The summed E-state index contributed by atoms with van der Waals surface area (Å²) < 4.78 is 0.668. The number of piperazine rings is 1. The van der Waals surface area contributed by atoms with Crippen molar-refractivity contribution >= 4 is 28.8 Å². The molecule has 1 aliphatic rings. The van der Waals surface area contributed by atoms with Crippen LogP contribution in [0.2, 0.25) is 4.34 Å². The molecule has 1 atom stereocenters. The van der Waals surface area contributed by atoms with Crippen molar-refractivity contribution in [3.8, 4) is 0 Å². The first kappa shape index (κ1) is 10.9. The fraction of sp³-hybridized carbons (Fsp3) is 0.500. The Labute approximate surface area is 98.0 Å². The third-order valence-corrected chi connectivity index (χ3v) is 3.77. The standard InChI is InChI=1S/C10H13ClN2OS/c1-7-6-12-4-5-13(7)10(14)8-2-3-9(11)15-8/h2-3,7,12H,4-6H2,1H3. The van der Waals surface area contributed by atoms with E-state index in [1.54, 1.807) is 12.1 Å². The number of rotatable bonds is 1. The van der Waals surface area contributed by atoms with Gasteiger partial charge < -0.3 is 10.2 Å². The van der Waals surface area contributed by atoms with Crippen LogP contribution in [0.15, 0.2) is 12.1 Å². The summed E-state index contributed by atoms with van der Waals surface area (Å²) in [5.74, 6) is 0.0981. The van der Waals surface area contributed by atoms with E-state index in [2.05, 4.69) is 12.2 Å². The first-order valence-electron chi connectivity index (χ1n) is 4.95. The van der Waals surface area contributed by atoms with Gasteiger partial charge in [0.1, 0.15) is 0 Å². The van der Waals surface area contributed by atoms with E-state index < -0.39 is 0 Å². The topological polar surface area (TPSA) is 32.3 Å². The lowest BCUT2D eigenvalue weighted by molar-refractivity contribution is 0.0661. The highest BCUT2D eigenvalue weighted by molar-refractivity contribution is 7.17. The van der Waals surface area contributed by atoms with E-state index in [1.165, 1.54) is 11.3 Å². The van der Waals surface area contributed by atoms with Crippen LogP contribution >= 0.6 is 22.9 Å². The molecule has 1 N–H and O–H groups in total. The van der Waals surface area contributed by atoms with Crippen LogP contribution in [0, 0.1) is 0 Å². The molecule has 2 rings (SSSR count). The lowest BCUT2D eigenvalue weighted by Crippen LogP contribution is -2.52. The van der Waals surface area contributed by atoms with E-state index in [0.29, 0.717) is 4.34 Å². The van der Waals surface area contributed by atoms with Crippen LogP contribution in [0.3, 0.4) is 0 Å². The van der Waals surface area contributed by atoms with Crippen LogP contribution in [0.1, 0.15) is 16.6 Å². The van der Waals surface area contributed by atoms with Crippen molar-refractivity contribution in [2.24, 2.45) is 0 Å². The third-order valence-electron chi connectivity index (χ3n) is 2.55. The molecule has 1 aliphatic heterocycles. The minimum atomic E-state index is 0.0981. The molecule has 15 heavy (non-hydrogen) atoms. The molecule has 2 heterocycles. The third kappa shape index (κ3) is 2.33. The maximum absolute atomic E-state index is 12.1. The Morgan fingerprint density at radius 1 is 1.67 bits per heavy atom. The van der Waals surface area contributed by atoms with Crippen LogP contribution < -0.4 is 5.32 Å². The van der Waals surface area contributed by atoms with E-state index in [0.717, 1.165) is 24.5 Å². The Morgan fingerprint density at radius 2 is 2.47 bits per heavy atom. The second-order valence-electron chi connectivity index (χ2n) is 3.66. The summed E-state index contributed by atoms with van der Waals surface area (Å²) in [7, 11) is 0. The van der Waals surface area contributed by atoms with Crippen molar-refractivity contribution in [1.82, 2.24) is 10.2 Å². The molecule has 1 unspecified atom stereocenters. The first-order chi connectivity index (χ1) is 7.18. The summed E-state index contributed by atoms with van der Waals surface area (Å²) in [6.07, 6.45) is 0. The number of hydrogen-bond acceptors (Lipinski definition) is 3. The Bertz CT molecular complexity index is 366. The van der Waals surface area contributed by atoms with Gasteiger partial charge in [-0.2, -0.15) is 0 Å². The average Bonchev–Trinajstić information content (AvgIpc) is 2.65. The van der Waals surface area contributed by atoms with Crippen molar-refractivity contribution in [2.45, 2.75) is 13.0 Å². The number of nitrogens with one attached hydrogen (secondary N) is 1. The molecule has 5 heteroatoms. The van der Waals surface area contributed by atoms with Gasteiger partial charge in [0.05, 0.1) is 9.21 Å². The van der Waals surface area contributed by atoms with Gasteiger partial charge in [-0.25, -0.2) is 0 Å². The van der Waals surface area contributed by atoms with E-state index >= 15 is 0 Å². The van der Waals surface area contributed by atoms with Crippen molar-refractivity contribution in [3.63, 3.8) is 0 Å². The SMILES string of the molecule is CC1CNCCN1C(=O)c1ccc(Cl)s1. The number of carbonyl (C=O) groups excluding carboxylic acids is 1. The second kappa shape index (κ2) is 4.51. The van der Waals surface area contributed by atoms with E-state index in [-0.39, 0.29) is 11.9 Å². The average molecular weight is 245 g/mol. The zero-order valence-corrected chi connectivity index (χ0v) is 10.1. The molecule has 0 saturated carbocycles. The normalized spacial score (nSPS) is 21.7. The van der Waals surface area contributed by atoms with Gasteiger partial charge >= 0.3 is 0 Å². The molecular formula is C10H13ClN2OS.